The number of aryl methyl sites for hydroxylation is 1. The van der Waals surface area contributed by atoms with Crippen molar-refractivity contribution in [1.29, 1.82) is 0 Å². The molecule has 0 atom stereocenters. The first-order valence-corrected chi connectivity index (χ1v) is 8.95. The summed E-state index contributed by atoms with van der Waals surface area (Å²) < 4.78 is 11.2. The molecule has 124 valence electrons. The summed E-state index contributed by atoms with van der Waals surface area (Å²) in [6.07, 6.45) is 0. The van der Waals surface area contributed by atoms with E-state index in [9.17, 15) is 0 Å². The fourth-order valence-electron chi connectivity index (χ4n) is 2.56. The Morgan fingerprint density at radius 3 is 2.24 bits per heavy atom. The molecule has 0 amide bonds. The Hall–Kier alpha value is -2.79. The van der Waals surface area contributed by atoms with E-state index in [0.29, 0.717) is 11.0 Å². The maximum Gasteiger partial charge on any atom is 0.257 e. The maximum atomic E-state index is 6.08. The van der Waals surface area contributed by atoms with E-state index < -0.39 is 0 Å². The average molecular weight is 348 g/mol. The molecule has 0 aliphatic heterocycles. The highest BCUT2D eigenvalue weighted by atomic mass is 32.2. The highest BCUT2D eigenvalue weighted by Crippen LogP contribution is 2.36. The lowest BCUT2D eigenvalue weighted by molar-refractivity contribution is 0.392. The van der Waals surface area contributed by atoms with Crippen LogP contribution in [0.25, 0.3) is 22.6 Å². The van der Waals surface area contributed by atoms with Gasteiger partial charge in [-0.25, -0.2) is 4.98 Å². The molecule has 25 heavy (non-hydrogen) atoms. The second-order valence-electron chi connectivity index (χ2n) is 5.61. The summed E-state index contributed by atoms with van der Waals surface area (Å²) in [5.74, 6) is 2.24. The smallest absolute Gasteiger partial charge is 0.257 e. The summed E-state index contributed by atoms with van der Waals surface area (Å²) in [6, 6.07) is 22.1. The number of rotatable bonds is 5. The van der Waals surface area contributed by atoms with Crippen LogP contribution in [0.2, 0.25) is 0 Å². The minimum absolute atomic E-state index is 0.623. The molecule has 0 bridgehead atoms. The molecule has 4 rings (SSSR count). The van der Waals surface area contributed by atoms with Crippen LogP contribution in [-0.2, 0) is 5.75 Å². The van der Waals surface area contributed by atoms with E-state index in [-0.39, 0.29) is 0 Å². The van der Waals surface area contributed by atoms with Gasteiger partial charge in [0.2, 0.25) is 0 Å². The van der Waals surface area contributed by atoms with Gasteiger partial charge in [-0.3, -0.25) is 0 Å². The molecule has 0 saturated heterocycles. The second-order valence-corrected chi connectivity index (χ2v) is 6.53. The van der Waals surface area contributed by atoms with E-state index in [1.54, 1.807) is 0 Å². The molecular weight excluding hydrogens is 332 g/mol. The third kappa shape index (κ3) is 3.51. The number of thioether (sulfide) groups is 1. The zero-order chi connectivity index (χ0) is 17.1. The topological polar surface area (TPSA) is 52.1 Å². The van der Waals surface area contributed by atoms with Gasteiger partial charge in [-0.1, -0.05) is 77.6 Å². The second kappa shape index (κ2) is 6.99. The van der Waals surface area contributed by atoms with Gasteiger partial charge in [0, 0.05) is 22.9 Å². The van der Waals surface area contributed by atoms with Gasteiger partial charge in [0.05, 0.1) is 5.69 Å². The molecule has 0 N–H and O–H groups in total. The zero-order valence-corrected chi connectivity index (χ0v) is 14.5. The van der Waals surface area contributed by atoms with Crippen molar-refractivity contribution < 1.29 is 8.94 Å². The molecule has 2 heterocycles. The summed E-state index contributed by atoms with van der Waals surface area (Å²) in [7, 11) is 0. The van der Waals surface area contributed by atoms with Gasteiger partial charge in [-0.05, 0) is 6.92 Å². The molecule has 0 fully saturated rings. The van der Waals surface area contributed by atoms with Crippen molar-refractivity contribution in [2.45, 2.75) is 17.9 Å². The van der Waals surface area contributed by atoms with E-state index in [4.69, 9.17) is 13.9 Å². The van der Waals surface area contributed by atoms with Crippen molar-refractivity contribution in [1.82, 2.24) is 10.1 Å². The van der Waals surface area contributed by atoms with Gasteiger partial charge in [0.1, 0.15) is 11.5 Å². The molecule has 0 spiro atoms. The fourth-order valence-corrected chi connectivity index (χ4v) is 3.27. The zero-order valence-electron chi connectivity index (χ0n) is 13.7. The first-order valence-electron chi connectivity index (χ1n) is 7.96. The molecule has 2 aromatic heterocycles. The summed E-state index contributed by atoms with van der Waals surface area (Å²) in [5.41, 5.74) is 3.78. The Labute approximate surface area is 149 Å². The van der Waals surface area contributed by atoms with Gasteiger partial charge >= 0.3 is 0 Å². The quantitative estimate of drug-likeness (QED) is 0.440. The molecular formula is C20H16N2O2S. The Morgan fingerprint density at radius 2 is 1.60 bits per heavy atom. The number of hydrogen-bond acceptors (Lipinski definition) is 5. The van der Waals surface area contributed by atoms with E-state index in [0.717, 1.165) is 34.0 Å². The van der Waals surface area contributed by atoms with E-state index in [2.05, 4.69) is 5.16 Å². The normalized spacial score (nSPS) is 10.9. The molecule has 0 aliphatic rings. The lowest BCUT2D eigenvalue weighted by Crippen LogP contribution is -1.82. The Bertz CT molecular complexity index is 905. The van der Waals surface area contributed by atoms with Crippen molar-refractivity contribution in [2.24, 2.45) is 0 Å². The van der Waals surface area contributed by atoms with Crippen LogP contribution in [0.1, 0.15) is 11.5 Å². The van der Waals surface area contributed by atoms with Crippen molar-refractivity contribution in [2.75, 3.05) is 0 Å². The fraction of sp³-hybridized carbons (Fsp3) is 0.100. The minimum Gasteiger partial charge on any atom is -0.431 e. The Balaban J connectivity index is 1.68. The Morgan fingerprint density at radius 1 is 0.920 bits per heavy atom. The summed E-state index contributed by atoms with van der Waals surface area (Å²) in [4.78, 5) is 4.72. The van der Waals surface area contributed by atoms with Crippen LogP contribution >= 0.6 is 11.8 Å². The standard InChI is InChI=1S/C20H16N2O2S/c1-14-12-17(22-24-14)13-25-20-21-18(15-8-4-2-5-9-15)19(23-20)16-10-6-3-7-11-16/h2-12H,13H2,1H3. The van der Waals surface area contributed by atoms with E-state index >= 15 is 0 Å². The van der Waals surface area contributed by atoms with Crippen LogP contribution in [-0.4, -0.2) is 10.1 Å². The van der Waals surface area contributed by atoms with Crippen LogP contribution in [0.3, 0.4) is 0 Å². The SMILES string of the molecule is Cc1cc(CSc2nc(-c3ccccc3)c(-c3ccccc3)o2)no1. The number of oxazole rings is 1. The number of nitrogens with zero attached hydrogens (tertiary/aromatic N) is 2. The molecule has 0 saturated carbocycles. The molecule has 2 aromatic carbocycles. The van der Waals surface area contributed by atoms with Gasteiger partial charge in [-0.15, -0.1) is 0 Å². The number of aromatic nitrogens is 2. The average Bonchev–Trinajstić information content (AvgIpc) is 3.28. The van der Waals surface area contributed by atoms with Crippen LogP contribution in [0.4, 0.5) is 0 Å². The first-order chi connectivity index (χ1) is 12.3. The van der Waals surface area contributed by atoms with Crippen molar-refractivity contribution >= 4 is 11.8 Å². The number of benzene rings is 2. The summed E-state index contributed by atoms with van der Waals surface area (Å²) >= 11 is 1.51. The van der Waals surface area contributed by atoms with E-state index in [1.165, 1.54) is 11.8 Å². The van der Waals surface area contributed by atoms with Crippen LogP contribution in [0.5, 0.6) is 0 Å². The minimum atomic E-state index is 0.623. The van der Waals surface area contributed by atoms with Gasteiger partial charge < -0.3 is 8.94 Å². The maximum absolute atomic E-state index is 6.08. The van der Waals surface area contributed by atoms with Crippen LogP contribution < -0.4 is 0 Å². The Kier molecular flexibility index (Phi) is 4.39. The van der Waals surface area contributed by atoms with Crippen LogP contribution in [0, 0.1) is 6.92 Å². The third-order valence-electron chi connectivity index (χ3n) is 3.71. The lowest BCUT2D eigenvalue weighted by atomic mass is 10.1. The molecule has 0 unspecified atom stereocenters. The van der Waals surface area contributed by atoms with E-state index in [1.807, 2.05) is 73.7 Å². The highest BCUT2D eigenvalue weighted by Gasteiger charge is 2.17. The molecule has 5 heteroatoms. The predicted octanol–water partition coefficient (Wildman–Crippen LogP) is 5.60. The third-order valence-corrected chi connectivity index (χ3v) is 4.57. The summed E-state index contributed by atoms with van der Waals surface area (Å²) in [5, 5.41) is 4.63. The first kappa shape index (κ1) is 15.7. The highest BCUT2D eigenvalue weighted by molar-refractivity contribution is 7.98. The van der Waals surface area contributed by atoms with Crippen molar-refractivity contribution in [3.05, 3.63) is 78.2 Å². The predicted molar refractivity (Wildman–Crippen MR) is 98.2 cm³/mol. The monoisotopic (exact) mass is 348 g/mol. The van der Waals surface area contributed by atoms with Crippen molar-refractivity contribution in [3.63, 3.8) is 0 Å². The molecule has 4 nitrogen and oxygen atoms in total. The lowest BCUT2D eigenvalue weighted by Gasteiger charge is -2.00. The largest absolute Gasteiger partial charge is 0.431 e. The van der Waals surface area contributed by atoms with Crippen molar-refractivity contribution in [3.8, 4) is 22.6 Å². The number of hydrogen-bond donors (Lipinski definition) is 0. The van der Waals surface area contributed by atoms with Gasteiger partial charge in [0.15, 0.2) is 5.76 Å². The van der Waals surface area contributed by atoms with Gasteiger partial charge in [-0.2, -0.15) is 0 Å². The molecule has 4 aromatic rings. The molecule has 0 aliphatic carbocycles. The molecule has 0 radical (unpaired) electrons. The summed E-state index contributed by atoms with van der Waals surface area (Å²) in [6.45, 7) is 1.88. The van der Waals surface area contributed by atoms with Gasteiger partial charge in [0.25, 0.3) is 5.22 Å². The van der Waals surface area contributed by atoms with Crippen LogP contribution in [0.15, 0.2) is 80.9 Å².